The molecule has 1 aliphatic rings. The molecule has 0 aliphatic carbocycles. The summed E-state index contributed by atoms with van der Waals surface area (Å²) in [4.78, 5) is 24.3. The molecule has 0 radical (unpaired) electrons. The molecule has 0 bridgehead atoms. The van der Waals surface area contributed by atoms with E-state index in [2.05, 4.69) is 56.0 Å². The molecule has 0 saturated heterocycles. The van der Waals surface area contributed by atoms with Gasteiger partial charge in [0, 0.05) is 61.2 Å². The molecule has 0 amide bonds. The van der Waals surface area contributed by atoms with Gasteiger partial charge in [-0.05, 0) is 18.6 Å². The average molecular weight is 403 g/mol. The van der Waals surface area contributed by atoms with E-state index < -0.39 is 0 Å². The number of nitrogens with zero attached hydrogens (tertiary/aromatic N) is 6. The van der Waals surface area contributed by atoms with Crippen LogP contribution in [0.25, 0.3) is 22.3 Å². The summed E-state index contributed by atoms with van der Waals surface area (Å²) in [7, 11) is 0. The Morgan fingerprint density at radius 1 is 1.10 bits per heavy atom. The number of hydrogen-bond donors (Lipinski definition) is 0. The first-order valence-corrected chi connectivity index (χ1v) is 9.92. The van der Waals surface area contributed by atoms with Gasteiger partial charge >= 0.3 is 0 Å². The zero-order valence-electron chi connectivity index (χ0n) is 16.0. The molecule has 0 atom stereocenters. The normalized spacial score (nSPS) is 14.1. The Kier molecular flexibility index (Phi) is 4.66. The lowest BCUT2D eigenvalue weighted by molar-refractivity contribution is 0.243. The highest BCUT2D eigenvalue weighted by atomic mass is 35.5. The molecule has 0 saturated carbocycles. The van der Waals surface area contributed by atoms with Crippen LogP contribution in [0.2, 0.25) is 5.15 Å². The van der Waals surface area contributed by atoms with Crippen LogP contribution in [0.15, 0.2) is 49.2 Å². The van der Waals surface area contributed by atoms with Crippen molar-refractivity contribution >= 4 is 22.5 Å². The SMILES string of the molecule is Cc1cccc2cc(CN3CCc4nc(-c5cncnc5)ncc4C3)c(Cl)nc12. The van der Waals surface area contributed by atoms with Crippen LogP contribution in [0, 0.1) is 6.92 Å². The molecule has 5 rings (SSSR count). The molecule has 29 heavy (non-hydrogen) atoms. The van der Waals surface area contributed by atoms with Crippen molar-refractivity contribution in [2.45, 2.75) is 26.4 Å². The van der Waals surface area contributed by atoms with Gasteiger partial charge in [0.05, 0.1) is 16.8 Å². The molecule has 1 aromatic carbocycles. The average Bonchev–Trinajstić information content (AvgIpc) is 2.75. The van der Waals surface area contributed by atoms with Gasteiger partial charge in [0.2, 0.25) is 0 Å². The lowest BCUT2D eigenvalue weighted by Gasteiger charge is -2.28. The fourth-order valence-corrected chi connectivity index (χ4v) is 3.98. The second kappa shape index (κ2) is 7.46. The van der Waals surface area contributed by atoms with Crippen molar-refractivity contribution in [3.8, 4) is 11.4 Å². The molecule has 0 N–H and O–H groups in total. The predicted molar refractivity (Wildman–Crippen MR) is 112 cm³/mol. The number of para-hydroxylation sites is 1. The van der Waals surface area contributed by atoms with Crippen LogP contribution < -0.4 is 0 Å². The molecule has 4 aromatic rings. The van der Waals surface area contributed by atoms with Crippen molar-refractivity contribution in [2.24, 2.45) is 0 Å². The van der Waals surface area contributed by atoms with Crippen LogP contribution in [0.4, 0.5) is 0 Å². The topological polar surface area (TPSA) is 67.7 Å². The van der Waals surface area contributed by atoms with Gasteiger partial charge in [0.1, 0.15) is 11.5 Å². The molecule has 1 aliphatic heterocycles. The standard InChI is InChI=1S/C22H19ClN6/c1-14-3-2-4-15-7-16(21(23)28-20(14)15)11-29-6-5-19-18(12-29)10-26-22(27-19)17-8-24-13-25-9-17/h2-4,7-10,13H,5-6,11-12H2,1H3. The third-order valence-corrected chi connectivity index (χ3v) is 5.63. The van der Waals surface area contributed by atoms with Crippen LogP contribution >= 0.6 is 11.6 Å². The van der Waals surface area contributed by atoms with Crippen LogP contribution in [0.1, 0.15) is 22.4 Å². The number of benzene rings is 1. The largest absolute Gasteiger partial charge is 0.294 e. The summed E-state index contributed by atoms with van der Waals surface area (Å²) < 4.78 is 0. The van der Waals surface area contributed by atoms with Crippen LogP contribution in [0.3, 0.4) is 0 Å². The summed E-state index contributed by atoms with van der Waals surface area (Å²) in [6, 6.07) is 8.36. The Morgan fingerprint density at radius 3 is 2.83 bits per heavy atom. The maximum absolute atomic E-state index is 6.51. The minimum absolute atomic E-state index is 0.577. The predicted octanol–water partition coefficient (Wildman–Crippen LogP) is 4.00. The molecule has 144 valence electrons. The Balaban J connectivity index is 1.38. The molecule has 7 heteroatoms. The second-order valence-corrected chi connectivity index (χ2v) is 7.70. The highest BCUT2D eigenvalue weighted by Gasteiger charge is 2.20. The summed E-state index contributed by atoms with van der Waals surface area (Å²) in [5.74, 6) is 0.676. The minimum Gasteiger partial charge on any atom is -0.294 e. The number of pyridine rings is 1. The Bertz CT molecular complexity index is 1190. The van der Waals surface area contributed by atoms with E-state index >= 15 is 0 Å². The van der Waals surface area contributed by atoms with Gasteiger partial charge < -0.3 is 0 Å². The Morgan fingerprint density at radius 2 is 1.97 bits per heavy atom. The number of hydrogen-bond acceptors (Lipinski definition) is 6. The lowest BCUT2D eigenvalue weighted by atomic mass is 10.1. The molecule has 0 fully saturated rings. The summed E-state index contributed by atoms with van der Waals surface area (Å²) >= 11 is 6.51. The number of rotatable bonds is 3. The molecular formula is C22H19ClN6. The maximum Gasteiger partial charge on any atom is 0.162 e. The number of halogens is 1. The van der Waals surface area contributed by atoms with Crippen molar-refractivity contribution in [1.82, 2.24) is 29.8 Å². The van der Waals surface area contributed by atoms with Crippen molar-refractivity contribution < 1.29 is 0 Å². The van der Waals surface area contributed by atoms with Gasteiger partial charge in [-0.25, -0.2) is 24.9 Å². The molecule has 4 heterocycles. The van der Waals surface area contributed by atoms with E-state index in [1.165, 1.54) is 6.33 Å². The first-order valence-electron chi connectivity index (χ1n) is 9.54. The zero-order chi connectivity index (χ0) is 19.8. The van der Waals surface area contributed by atoms with Gasteiger partial charge in [-0.2, -0.15) is 0 Å². The summed E-state index contributed by atoms with van der Waals surface area (Å²) in [6.45, 7) is 4.52. The van der Waals surface area contributed by atoms with E-state index in [1.54, 1.807) is 12.4 Å². The summed E-state index contributed by atoms with van der Waals surface area (Å²) in [5.41, 5.74) is 6.23. The number of fused-ring (bicyclic) bond motifs is 2. The van der Waals surface area contributed by atoms with E-state index in [0.29, 0.717) is 11.0 Å². The van der Waals surface area contributed by atoms with E-state index in [-0.39, 0.29) is 0 Å². The summed E-state index contributed by atoms with van der Waals surface area (Å²) in [6.07, 6.45) is 7.77. The highest BCUT2D eigenvalue weighted by molar-refractivity contribution is 6.30. The lowest BCUT2D eigenvalue weighted by Crippen LogP contribution is -2.31. The quantitative estimate of drug-likeness (QED) is 0.482. The zero-order valence-corrected chi connectivity index (χ0v) is 16.8. The minimum atomic E-state index is 0.577. The van der Waals surface area contributed by atoms with Crippen molar-refractivity contribution in [3.05, 3.63) is 76.7 Å². The van der Waals surface area contributed by atoms with Gasteiger partial charge in [-0.15, -0.1) is 0 Å². The second-order valence-electron chi connectivity index (χ2n) is 7.34. The summed E-state index contributed by atoms with van der Waals surface area (Å²) in [5, 5.41) is 1.70. The van der Waals surface area contributed by atoms with Crippen molar-refractivity contribution in [3.63, 3.8) is 0 Å². The fraction of sp³-hybridized carbons (Fsp3) is 0.227. The first-order chi connectivity index (χ1) is 14.2. The molecule has 0 spiro atoms. The van der Waals surface area contributed by atoms with Crippen molar-refractivity contribution in [2.75, 3.05) is 6.54 Å². The molecule has 6 nitrogen and oxygen atoms in total. The highest BCUT2D eigenvalue weighted by Crippen LogP contribution is 2.26. The third kappa shape index (κ3) is 3.57. The van der Waals surface area contributed by atoms with Gasteiger partial charge in [0.15, 0.2) is 5.82 Å². The van der Waals surface area contributed by atoms with E-state index in [9.17, 15) is 0 Å². The monoisotopic (exact) mass is 402 g/mol. The Hall–Kier alpha value is -2.96. The third-order valence-electron chi connectivity index (χ3n) is 5.30. The van der Waals surface area contributed by atoms with Crippen molar-refractivity contribution in [1.29, 1.82) is 0 Å². The molecule has 0 unspecified atom stereocenters. The van der Waals surface area contributed by atoms with Gasteiger partial charge in [0.25, 0.3) is 0 Å². The van der Waals surface area contributed by atoms with Crippen LogP contribution in [0.5, 0.6) is 0 Å². The molecular weight excluding hydrogens is 384 g/mol. The number of aromatic nitrogens is 5. The van der Waals surface area contributed by atoms with E-state index in [4.69, 9.17) is 16.6 Å². The maximum atomic E-state index is 6.51. The Labute approximate surface area is 173 Å². The van der Waals surface area contributed by atoms with Gasteiger partial charge in [-0.1, -0.05) is 29.8 Å². The van der Waals surface area contributed by atoms with Crippen LogP contribution in [-0.2, 0) is 19.5 Å². The van der Waals surface area contributed by atoms with E-state index in [0.717, 1.165) is 64.9 Å². The van der Waals surface area contributed by atoms with Crippen LogP contribution in [-0.4, -0.2) is 36.4 Å². The molecule has 3 aromatic heterocycles. The van der Waals surface area contributed by atoms with E-state index in [1.807, 2.05) is 6.20 Å². The smallest absolute Gasteiger partial charge is 0.162 e. The fourth-order valence-electron chi connectivity index (χ4n) is 3.78. The number of aryl methyl sites for hydroxylation is 1. The van der Waals surface area contributed by atoms with Gasteiger partial charge in [-0.3, -0.25) is 4.90 Å². The first kappa shape index (κ1) is 18.1.